The van der Waals surface area contributed by atoms with Crippen molar-refractivity contribution in [2.45, 2.75) is 23.9 Å². The van der Waals surface area contributed by atoms with Crippen LogP contribution in [0.2, 0.25) is 5.02 Å². The quantitative estimate of drug-likeness (QED) is 0.565. The number of benzene rings is 3. The van der Waals surface area contributed by atoms with Gasteiger partial charge in [-0.3, -0.25) is 14.5 Å². The molecule has 3 aromatic carbocycles. The van der Waals surface area contributed by atoms with Crippen LogP contribution < -0.4 is 10.2 Å². The van der Waals surface area contributed by atoms with Crippen molar-refractivity contribution in [1.82, 2.24) is 9.62 Å². The first-order valence-corrected chi connectivity index (χ1v) is 12.5. The molecule has 176 valence electrons. The lowest BCUT2D eigenvalue weighted by Gasteiger charge is -2.46. The molecule has 34 heavy (non-hydrogen) atoms. The third-order valence-corrected chi connectivity index (χ3v) is 7.81. The van der Waals surface area contributed by atoms with Crippen LogP contribution in [0.5, 0.6) is 0 Å². The predicted octanol–water partition coefficient (Wildman–Crippen LogP) is 3.45. The van der Waals surface area contributed by atoms with E-state index >= 15 is 0 Å². The molecule has 0 radical (unpaired) electrons. The number of carbonyl (C=O) groups excluding carboxylic acids is 2. The summed E-state index contributed by atoms with van der Waals surface area (Å²) >= 11 is 6.16. The number of carbonyl (C=O) groups is 2. The number of halogens is 1. The van der Waals surface area contributed by atoms with E-state index in [9.17, 15) is 18.0 Å². The number of hydrogen-bond donors (Lipinski definition) is 1. The summed E-state index contributed by atoms with van der Waals surface area (Å²) in [6, 6.07) is 23.8. The van der Waals surface area contributed by atoms with E-state index < -0.39 is 33.9 Å². The second-order valence-electron chi connectivity index (χ2n) is 8.24. The Morgan fingerprint density at radius 3 is 2.29 bits per heavy atom. The van der Waals surface area contributed by atoms with E-state index in [4.69, 9.17) is 11.6 Å². The van der Waals surface area contributed by atoms with Crippen molar-refractivity contribution in [3.8, 4) is 0 Å². The molecule has 3 aromatic rings. The van der Waals surface area contributed by atoms with E-state index in [1.54, 1.807) is 49.4 Å². The minimum Gasteiger partial charge on any atom is -0.350 e. The van der Waals surface area contributed by atoms with E-state index in [1.165, 1.54) is 17.0 Å². The van der Waals surface area contributed by atoms with Gasteiger partial charge in [0.25, 0.3) is 0 Å². The third kappa shape index (κ3) is 4.70. The molecule has 0 unspecified atom stereocenters. The molecule has 1 heterocycles. The van der Waals surface area contributed by atoms with Gasteiger partial charge >= 0.3 is 0 Å². The van der Waals surface area contributed by atoms with Crippen LogP contribution in [0.25, 0.3) is 0 Å². The second-order valence-corrected chi connectivity index (χ2v) is 10.6. The molecule has 0 aliphatic carbocycles. The highest BCUT2D eigenvalue weighted by Crippen LogP contribution is 2.33. The summed E-state index contributed by atoms with van der Waals surface area (Å²) in [4.78, 5) is 28.3. The van der Waals surface area contributed by atoms with E-state index in [-0.39, 0.29) is 18.0 Å². The fourth-order valence-corrected chi connectivity index (χ4v) is 5.75. The molecular weight excluding hydrogens is 474 g/mol. The molecular formula is C25H24ClN3O4S. The Morgan fingerprint density at radius 1 is 1.00 bits per heavy atom. The van der Waals surface area contributed by atoms with Gasteiger partial charge in [0, 0.05) is 23.8 Å². The number of rotatable bonds is 6. The molecule has 0 saturated carbocycles. The molecule has 9 heteroatoms. The minimum absolute atomic E-state index is 0.0612. The lowest BCUT2D eigenvalue weighted by atomic mass is 9.94. The molecule has 0 bridgehead atoms. The maximum atomic E-state index is 13.6. The largest absolute Gasteiger partial charge is 0.350 e. The number of nitrogens with zero attached hydrogens (tertiary/aromatic N) is 2. The lowest BCUT2D eigenvalue weighted by molar-refractivity contribution is -0.133. The normalized spacial score (nSPS) is 19.1. The van der Waals surface area contributed by atoms with Gasteiger partial charge in [0.05, 0.1) is 11.4 Å². The van der Waals surface area contributed by atoms with E-state index in [2.05, 4.69) is 5.32 Å². The van der Waals surface area contributed by atoms with Crippen LogP contribution in [0, 0.1) is 0 Å². The standard InChI is InChI=1S/C25H24ClN3O4S/c1-25(24(31)27-16-19-9-4-2-5-10-19)18-28(34(32,33)22-13-6-3-7-14-22)17-23(30)29(25)21-12-8-11-20(26)15-21/h2-15H,16-18H2,1H3,(H,27,31)/t25-/m0/s1. The highest BCUT2D eigenvalue weighted by Gasteiger charge is 2.51. The summed E-state index contributed by atoms with van der Waals surface area (Å²) in [5.41, 5.74) is -0.215. The fourth-order valence-electron chi connectivity index (χ4n) is 4.06. The lowest BCUT2D eigenvalue weighted by Crippen LogP contribution is -2.70. The van der Waals surface area contributed by atoms with Gasteiger partial charge in [-0.25, -0.2) is 8.42 Å². The fraction of sp³-hybridized carbons (Fsp3) is 0.200. The van der Waals surface area contributed by atoms with Gasteiger partial charge in [0.15, 0.2) is 0 Å². The van der Waals surface area contributed by atoms with Crippen LogP contribution in [0.3, 0.4) is 0 Å². The molecule has 1 aliphatic rings. The first kappa shape index (κ1) is 23.9. The topological polar surface area (TPSA) is 86.8 Å². The summed E-state index contributed by atoms with van der Waals surface area (Å²) in [6.07, 6.45) is 0. The smallest absolute Gasteiger partial charge is 0.247 e. The summed E-state index contributed by atoms with van der Waals surface area (Å²) in [7, 11) is -4.00. The van der Waals surface area contributed by atoms with Crippen molar-refractivity contribution in [3.63, 3.8) is 0 Å². The van der Waals surface area contributed by atoms with Crippen LogP contribution >= 0.6 is 11.6 Å². The molecule has 1 aliphatic heterocycles. The van der Waals surface area contributed by atoms with E-state index in [1.807, 2.05) is 30.3 Å². The molecule has 1 N–H and O–H groups in total. The summed E-state index contributed by atoms with van der Waals surface area (Å²) in [5, 5.41) is 3.27. The molecule has 4 rings (SSSR count). The van der Waals surface area contributed by atoms with Crippen molar-refractivity contribution in [1.29, 1.82) is 0 Å². The molecule has 0 spiro atoms. The summed E-state index contributed by atoms with van der Waals surface area (Å²) < 4.78 is 27.7. The number of amides is 2. The van der Waals surface area contributed by atoms with E-state index in [0.717, 1.165) is 9.87 Å². The van der Waals surface area contributed by atoms with Crippen molar-refractivity contribution >= 4 is 39.1 Å². The van der Waals surface area contributed by atoms with Crippen molar-refractivity contribution in [2.75, 3.05) is 18.0 Å². The Balaban J connectivity index is 1.71. The number of anilines is 1. The summed E-state index contributed by atoms with van der Waals surface area (Å²) in [5.74, 6) is -0.997. The third-order valence-electron chi connectivity index (χ3n) is 5.77. The SMILES string of the molecule is C[C@@]1(C(=O)NCc2ccccc2)CN(S(=O)(=O)c2ccccc2)CC(=O)N1c1cccc(Cl)c1. The predicted molar refractivity (Wildman–Crippen MR) is 131 cm³/mol. The average Bonchev–Trinajstić information content (AvgIpc) is 2.83. The van der Waals surface area contributed by atoms with Crippen molar-refractivity contribution in [3.05, 3.63) is 95.5 Å². The number of sulfonamides is 1. The van der Waals surface area contributed by atoms with Gasteiger partial charge in [-0.2, -0.15) is 4.31 Å². The van der Waals surface area contributed by atoms with Crippen LogP contribution in [0.4, 0.5) is 5.69 Å². The zero-order valence-electron chi connectivity index (χ0n) is 18.5. The van der Waals surface area contributed by atoms with Crippen molar-refractivity contribution in [2.24, 2.45) is 0 Å². The van der Waals surface area contributed by atoms with Gasteiger partial charge in [-0.15, -0.1) is 0 Å². The molecule has 1 saturated heterocycles. The monoisotopic (exact) mass is 497 g/mol. The highest BCUT2D eigenvalue weighted by atomic mass is 35.5. The molecule has 1 atom stereocenters. The number of hydrogen-bond acceptors (Lipinski definition) is 4. The number of nitrogens with one attached hydrogen (secondary N) is 1. The van der Waals surface area contributed by atoms with Gasteiger partial charge in [-0.05, 0) is 42.8 Å². The van der Waals surface area contributed by atoms with Crippen molar-refractivity contribution < 1.29 is 18.0 Å². The Morgan fingerprint density at radius 2 is 1.65 bits per heavy atom. The average molecular weight is 498 g/mol. The maximum absolute atomic E-state index is 13.6. The second kappa shape index (κ2) is 9.58. The zero-order chi connectivity index (χ0) is 24.3. The Bertz CT molecular complexity index is 1300. The van der Waals surface area contributed by atoms with Crippen LogP contribution in [0.1, 0.15) is 12.5 Å². The van der Waals surface area contributed by atoms with Gasteiger partial charge < -0.3 is 5.32 Å². The highest BCUT2D eigenvalue weighted by molar-refractivity contribution is 7.89. The van der Waals surface area contributed by atoms with E-state index in [0.29, 0.717) is 10.7 Å². The number of piperazine rings is 1. The molecule has 0 aromatic heterocycles. The molecule has 7 nitrogen and oxygen atoms in total. The Hall–Kier alpha value is -3.20. The van der Waals surface area contributed by atoms with Crippen LogP contribution in [0.15, 0.2) is 89.8 Å². The molecule has 2 amide bonds. The minimum atomic E-state index is -4.00. The maximum Gasteiger partial charge on any atom is 0.247 e. The molecule has 1 fully saturated rings. The Labute approximate surface area is 204 Å². The van der Waals surface area contributed by atoms with Crippen LogP contribution in [-0.2, 0) is 26.2 Å². The van der Waals surface area contributed by atoms with Gasteiger partial charge in [0.2, 0.25) is 21.8 Å². The zero-order valence-corrected chi connectivity index (χ0v) is 20.1. The van der Waals surface area contributed by atoms with Gasteiger partial charge in [-0.1, -0.05) is 66.2 Å². The summed E-state index contributed by atoms with van der Waals surface area (Å²) in [6.45, 7) is 1.19. The van der Waals surface area contributed by atoms with Crippen LogP contribution in [-0.4, -0.2) is 43.2 Å². The van der Waals surface area contributed by atoms with Gasteiger partial charge in [0.1, 0.15) is 5.54 Å². The first-order valence-electron chi connectivity index (χ1n) is 10.7. The Kier molecular flexibility index (Phi) is 6.74. The first-order chi connectivity index (χ1) is 16.2.